The Kier molecular flexibility index (Phi) is 2.75. The zero-order valence-electron chi connectivity index (χ0n) is 7.63. The Bertz CT molecular complexity index is 427. The van der Waals surface area contributed by atoms with Crippen LogP contribution in [0.25, 0.3) is 0 Å². The molecule has 2 N–H and O–H groups in total. The molecule has 0 unspecified atom stereocenters. The highest BCUT2D eigenvalue weighted by molar-refractivity contribution is 5.94. The van der Waals surface area contributed by atoms with Gasteiger partial charge in [-0.15, -0.1) is 0 Å². The van der Waals surface area contributed by atoms with E-state index in [1.54, 1.807) is 0 Å². The van der Waals surface area contributed by atoms with Crippen LogP contribution in [0.5, 0.6) is 11.5 Å². The van der Waals surface area contributed by atoms with E-state index < -0.39 is 33.6 Å². The lowest BCUT2D eigenvalue weighted by atomic mass is 10.1. The Morgan fingerprint density at radius 2 is 2.07 bits per heavy atom. The lowest BCUT2D eigenvalue weighted by Crippen LogP contribution is -2.03. The second kappa shape index (κ2) is 3.82. The van der Waals surface area contributed by atoms with Crippen molar-refractivity contribution in [2.24, 2.45) is 0 Å². The average molecular weight is 213 g/mol. The SMILES string of the molecule is COC(=O)c1cc(O)cc([N+](=O)[O-])c1O. The van der Waals surface area contributed by atoms with Gasteiger partial charge in [-0.05, 0) is 6.07 Å². The molecule has 1 aromatic rings. The molecule has 1 rings (SSSR count). The third-order valence-electron chi connectivity index (χ3n) is 1.68. The Morgan fingerprint density at radius 1 is 1.47 bits per heavy atom. The summed E-state index contributed by atoms with van der Waals surface area (Å²) in [6, 6.07) is 1.62. The van der Waals surface area contributed by atoms with Crippen molar-refractivity contribution in [2.45, 2.75) is 0 Å². The predicted octanol–water partition coefficient (Wildman–Crippen LogP) is 0.793. The Balaban J connectivity index is 3.41. The first-order chi connectivity index (χ1) is 6.97. The minimum Gasteiger partial charge on any atom is -0.508 e. The van der Waals surface area contributed by atoms with Crippen LogP contribution in [-0.2, 0) is 4.74 Å². The van der Waals surface area contributed by atoms with Gasteiger partial charge in [0.1, 0.15) is 11.3 Å². The Hall–Kier alpha value is -2.31. The number of rotatable bonds is 2. The van der Waals surface area contributed by atoms with E-state index in [1.165, 1.54) is 0 Å². The maximum atomic E-state index is 11.0. The summed E-state index contributed by atoms with van der Waals surface area (Å²) in [5.41, 5.74) is -1.21. The summed E-state index contributed by atoms with van der Waals surface area (Å²) in [5.74, 6) is -2.30. The van der Waals surface area contributed by atoms with Crippen LogP contribution in [0, 0.1) is 10.1 Å². The smallest absolute Gasteiger partial charge is 0.342 e. The zero-order chi connectivity index (χ0) is 11.6. The highest BCUT2D eigenvalue weighted by Gasteiger charge is 2.23. The first kappa shape index (κ1) is 10.8. The van der Waals surface area contributed by atoms with Gasteiger partial charge in [-0.2, -0.15) is 0 Å². The van der Waals surface area contributed by atoms with Gasteiger partial charge in [-0.25, -0.2) is 4.79 Å². The summed E-state index contributed by atoms with van der Waals surface area (Å²) >= 11 is 0. The quantitative estimate of drug-likeness (QED) is 0.325. The number of hydrogen-bond acceptors (Lipinski definition) is 6. The molecule has 0 bridgehead atoms. The van der Waals surface area contributed by atoms with Gasteiger partial charge in [0.25, 0.3) is 0 Å². The standard InChI is InChI=1S/C8H7NO6/c1-15-8(12)5-2-4(10)3-6(7(5)11)9(13)14/h2-3,10-11H,1H3. The summed E-state index contributed by atoms with van der Waals surface area (Å²) in [4.78, 5) is 20.5. The molecule has 0 radical (unpaired) electrons. The number of hydrogen-bond donors (Lipinski definition) is 2. The summed E-state index contributed by atoms with van der Waals surface area (Å²) in [7, 11) is 1.05. The third-order valence-corrected chi connectivity index (χ3v) is 1.68. The molecule has 80 valence electrons. The summed E-state index contributed by atoms with van der Waals surface area (Å²) < 4.78 is 4.27. The number of phenols is 2. The predicted molar refractivity (Wildman–Crippen MR) is 47.8 cm³/mol. The largest absolute Gasteiger partial charge is 0.508 e. The second-order valence-corrected chi connectivity index (χ2v) is 2.61. The third kappa shape index (κ3) is 1.96. The molecule has 0 spiro atoms. The molecule has 7 nitrogen and oxygen atoms in total. The van der Waals surface area contributed by atoms with E-state index in [0.717, 1.165) is 19.2 Å². The van der Waals surface area contributed by atoms with Gasteiger partial charge < -0.3 is 14.9 Å². The molecule has 0 amide bonds. The lowest BCUT2D eigenvalue weighted by molar-refractivity contribution is -0.386. The van der Waals surface area contributed by atoms with Crippen LogP contribution in [-0.4, -0.2) is 28.2 Å². The van der Waals surface area contributed by atoms with E-state index >= 15 is 0 Å². The molecule has 0 aliphatic heterocycles. The molecular weight excluding hydrogens is 206 g/mol. The van der Waals surface area contributed by atoms with Crippen LogP contribution in [0.3, 0.4) is 0 Å². The van der Waals surface area contributed by atoms with E-state index in [9.17, 15) is 20.0 Å². The number of aromatic hydroxyl groups is 2. The van der Waals surface area contributed by atoms with Gasteiger partial charge in [0.2, 0.25) is 5.75 Å². The van der Waals surface area contributed by atoms with E-state index in [0.29, 0.717) is 0 Å². The summed E-state index contributed by atoms with van der Waals surface area (Å²) in [6.07, 6.45) is 0. The number of carbonyl (C=O) groups is 1. The number of benzene rings is 1. The first-order valence-electron chi connectivity index (χ1n) is 3.76. The summed E-state index contributed by atoms with van der Waals surface area (Å²) in [6.45, 7) is 0. The van der Waals surface area contributed by atoms with Crippen LogP contribution in [0.2, 0.25) is 0 Å². The van der Waals surface area contributed by atoms with Crippen LogP contribution in [0.4, 0.5) is 5.69 Å². The molecule has 0 fully saturated rings. The highest BCUT2D eigenvalue weighted by Crippen LogP contribution is 2.34. The number of methoxy groups -OCH3 is 1. The fraction of sp³-hybridized carbons (Fsp3) is 0.125. The fourth-order valence-electron chi connectivity index (χ4n) is 1.01. The van der Waals surface area contributed by atoms with Gasteiger partial charge in [0.15, 0.2) is 0 Å². The number of carbonyl (C=O) groups excluding carboxylic acids is 1. The van der Waals surface area contributed by atoms with E-state index in [4.69, 9.17) is 5.11 Å². The van der Waals surface area contributed by atoms with Crippen molar-refractivity contribution in [3.8, 4) is 11.5 Å². The maximum absolute atomic E-state index is 11.0. The minimum atomic E-state index is -0.966. The number of esters is 1. The molecule has 0 heterocycles. The molecule has 0 aliphatic rings. The zero-order valence-corrected chi connectivity index (χ0v) is 7.63. The lowest BCUT2D eigenvalue weighted by Gasteiger charge is -2.03. The highest BCUT2D eigenvalue weighted by atomic mass is 16.6. The Morgan fingerprint density at radius 3 is 2.53 bits per heavy atom. The molecular formula is C8H7NO6. The van der Waals surface area contributed by atoms with Gasteiger partial charge in [0, 0.05) is 0 Å². The van der Waals surface area contributed by atoms with Crippen molar-refractivity contribution in [1.29, 1.82) is 0 Å². The van der Waals surface area contributed by atoms with Crippen molar-refractivity contribution < 1.29 is 24.7 Å². The van der Waals surface area contributed by atoms with Crippen molar-refractivity contribution in [2.75, 3.05) is 7.11 Å². The molecule has 0 atom stereocenters. The number of nitrogens with zero attached hydrogens (tertiary/aromatic N) is 1. The molecule has 0 saturated carbocycles. The second-order valence-electron chi connectivity index (χ2n) is 2.61. The number of phenolic OH excluding ortho intramolecular Hbond substituents is 2. The topological polar surface area (TPSA) is 110 Å². The van der Waals surface area contributed by atoms with Crippen molar-refractivity contribution in [3.63, 3.8) is 0 Å². The summed E-state index contributed by atoms with van der Waals surface area (Å²) in [5, 5.41) is 28.8. The number of nitro benzene ring substituents is 1. The minimum absolute atomic E-state index is 0.454. The number of ether oxygens (including phenoxy) is 1. The van der Waals surface area contributed by atoms with Gasteiger partial charge >= 0.3 is 11.7 Å². The van der Waals surface area contributed by atoms with Crippen LogP contribution in [0.15, 0.2) is 12.1 Å². The van der Waals surface area contributed by atoms with Crippen molar-refractivity contribution >= 4 is 11.7 Å². The average Bonchev–Trinajstić information content (AvgIpc) is 2.19. The molecule has 15 heavy (non-hydrogen) atoms. The van der Waals surface area contributed by atoms with Gasteiger partial charge in [-0.3, -0.25) is 10.1 Å². The van der Waals surface area contributed by atoms with Gasteiger partial charge in [0.05, 0.1) is 18.1 Å². The van der Waals surface area contributed by atoms with Crippen molar-refractivity contribution in [1.82, 2.24) is 0 Å². The van der Waals surface area contributed by atoms with Crippen LogP contribution < -0.4 is 0 Å². The molecule has 0 saturated heterocycles. The van der Waals surface area contributed by atoms with Crippen LogP contribution in [0.1, 0.15) is 10.4 Å². The molecule has 0 aliphatic carbocycles. The first-order valence-corrected chi connectivity index (χ1v) is 3.76. The monoisotopic (exact) mass is 213 g/mol. The van der Waals surface area contributed by atoms with Crippen molar-refractivity contribution in [3.05, 3.63) is 27.8 Å². The normalized spacial score (nSPS) is 9.67. The molecule has 1 aromatic carbocycles. The van der Waals surface area contributed by atoms with Crippen LogP contribution >= 0.6 is 0 Å². The Labute approximate surface area is 83.7 Å². The molecule has 0 aromatic heterocycles. The van der Waals surface area contributed by atoms with Gasteiger partial charge in [-0.1, -0.05) is 0 Å². The maximum Gasteiger partial charge on any atom is 0.342 e. The molecule has 7 heteroatoms. The fourth-order valence-corrected chi connectivity index (χ4v) is 1.01. The number of nitro groups is 1. The van der Waals surface area contributed by atoms with E-state index in [-0.39, 0.29) is 0 Å². The van der Waals surface area contributed by atoms with E-state index in [2.05, 4.69) is 4.74 Å². The van der Waals surface area contributed by atoms with E-state index in [1.807, 2.05) is 0 Å².